The van der Waals surface area contributed by atoms with Gasteiger partial charge in [-0.05, 0) is 48.6 Å². The first-order valence-corrected chi connectivity index (χ1v) is 7.39. The van der Waals surface area contributed by atoms with E-state index in [1.807, 2.05) is 18.2 Å². The molecule has 0 radical (unpaired) electrons. The Bertz CT molecular complexity index is 640. The molecule has 3 rings (SSSR count). The third-order valence-corrected chi connectivity index (χ3v) is 4.22. The number of ether oxygens (including phenoxy) is 1. The molecule has 0 saturated heterocycles. The number of hydrogen-bond donors (Lipinski definition) is 1. The fourth-order valence-electron chi connectivity index (χ4n) is 2.77. The molecule has 0 amide bonds. The summed E-state index contributed by atoms with van der Waals surface area (Å²) in [5, 5.41) is 4.20. The maximum absolute atomic E-state index is 13.2. The van der Waals surface area contributed by atoms with Crippen molar-refractivity contribution in [3.63, 3.8) is 0 Å². The summed E-state index contributed by atoms with van der Waals surface area (Å²) >= 11 is 6.02. The van der Waals surface area contributed by atoms with Gasteiger partial charge in [-0.3, -0.25) is 0 Å². The molecule has 0 spiro atoms. The first kappa shape index (κ1) is 14.2. The zero-order valence-electron chi connectivity index (χ0n) is 11.8. The molecule has 110 valence electrons. The molecule has 1 fully saturated rings. The van der Waals surface area contributed by atoms with Gasteiger partial charge in [-0.25, -0.2) is 4.39 Å². The van der Waals surface area contributed by atoms with Crippen molar-refractivity contribution >= 4 is 17.3 Å². The van der Waals surface area contributed by atoms with Crippen molar-refractivity contribution in [3.05, 3.63) is 58.9 Å². The largest absolute Gasteiger partial charge is 0.494 e. The minimum absolute atomic E-state index is 0.289. The summed E-state index contributed by atoms with van der Waals surface area (Å²) in [7, 11) is 1.55. The van der Waals surface area contributed by atoms with Crippen molar-refractivity contribution in [1.29, 1.82) is 0 Å². The number of rotatable bonds is 4. The van der Waals surface area contributed by atoms with E-state index in [2.05, 4.69) is 11.4 Å². The van der Waals surface area contributed by atoms with Gasteiger partial charge in [-0.15, -0.1) is 0 Å². The van der Waals surface area contributed by atoms with E-state index in [1.165, 1.54) is 17.7 Å². The average molecular weight is 306 g/mol. The van der Waals surface area contributed by atoms with Gasteiger partial charge in [0.15, 0.2) is 0 Å². The van der Waals surface area contributed by atoms with E-state index in [9.17, 15) is 4.39 Å². The minimum atomic E-state index is -0.289. The van der Waals surface area contributed by atoms with Crippen LogP contribution in [0.25, 0.3) is 0 Å². The Balaban J connectivity index is 1.62. The zero-order valence-corrected chi connectivity index (χ0v) is 12.5. The van der Waals surface area contributed by atoms with E-state index in [0.717, 1.165) is 23.6 Å². The summed E-state index contributed by atoms with van der Waals surface area (Å²) in [5.74, 6) is 0.789. The predicted octanol–water partition coefficient (Wildman–Crippen LogP) is 4.85. The Morgan fingerprint density at radius 2 is 2.00 bits per heavy atom. The maximum Gasteiger partial charge on any atom is 0.144 e. The van der Waals surface area contributed by atoms with Crippen molar-refractivity contribution in [2.24, 2.45) is 0 Å². The first-order chi connectivity index (χ1) is 10.2. The van der Waals surface area contributed by atoms with Crippen molar-refractivity contribution in [2.45, 2.75) is 24.8 Å². The second-order valence-electron chi connectivity index (χ2n) is 5.41. The second kappa shape index (κ2) is 5.94. The number of halogens is 2. The van der Waals surface area contributed by atoms with Crippen LogP contribution in [-0.2, 0) is 0 Å². The molecule has 0 bridgehead atoms. The summed E-state index contributed by atoms with van der Waals surface area (Å²) in [4.78, 5) is 0. The lowest BCUT2D eigenvalue weighted by molar-refractivity contribution is 0.369. The van der Waals surface area contributed by atoms with Crippen LogP contribution in [0.5, 0.6) is 5.75 Å². The van der Waals surface area contributed by atoms with Crippen LogP contribution in [0.1, 0.15) is 24.3 Å². The Labute approximate surface area is 128 Å². The molecule has 0 aliphatic heterocycles. The number of anilines is 1. The van der Waals surface area contributed by atoms with Crippen LogP contribution in [0.4, 0.5) is 10.1 Å². The molecule has 2 aromatic carbocycles. The van der Waals surface area contributed by atoms with Crippen molar-refractivity contribution in [3.8, 4) is 5.75 Å². The van der Waals surface area contributed by atoms with Gasteiger partial charge in [0, 0.05) is 17.1 Å². The van der Waals surface area contributed by atoms with E-state index >= 15 is 0 Å². The second-order valence-corrected chi connectivity index (χ2v) is 5.85. The van der Waals surface area contributed by atoms with Gasteiger partial charge in [-0.1, -0.05) is 23.7 Å². The average Bonchev–Trinajstić information content (AvgIpc) is 2.43. The zero-order chi connectivity index (χ0) is 14.8. The predicted molar refractivity (Wildman–Crippen MR) is 83.8 cm³/mol. The summed E-state index contributed by atoms with van der Waals surface area (Å²) in [5.41, 5.74) is 2.13. The monoisotopic (exact) mass is 305 g/mol. The third kappa shape index (κ3) is 3.13. The van der Waals surface area contributed by atoms with Gasteiger partial charge in [0.25, 0.3) is 0 Å². The van der Waals surface area contributed by atoms with Crippen molar-refractivity contribution < 1.29 is 9.13 Å². The number of hydrogen-bond acceptors (Lipinski definition) is 2. The Kier molecular flexibility index (Phi) is 4.02. The van der Waals surface area contributed by atoms with Crippen LogP contribution in [0.2, 0.25) is 5.02 Å². The van der Waals surface area contributed by atoms with Crippen molar-refractivity contribution in [2.75, 3.05) is 12.4 Å². The quantitative estimate of drug-likeness (QED) is 0.872. The van der Waals surface area contributed by atoms with Crippen LogP contribution < -0.4 is 10.1 Å². The lowest BCUT2D eigenvalue weighted by Gasteiger charge is -2.37. The van der Waals surface area contributed by atoms with Crippen LogP contribution >= 0.6 is 11.6 Å². The highest BCUT2D eigenvalue weighted by Crippen LogP contribution is 2.40. The van der Waals surface area contributed by atoms with Crippen LogP contribution in [0.3, 0.4) is 0 Å². The van der Waals surface area contributed by atoms with Crippen LogP contribution in [0, 0.1) is 5.82 Å². The molecular weight excluding hydrogens is 289 g/mol. The Morgan fingerprint density at radius 1 is 1.19 bits per heavy atom. The number of methoxy groups -OCH3 is 1. The summed E-state index contributed by atoms with van der Waals surface area (Å²) in [6, 6.07) is 13.0. The van der Waals surface area contributed by atoms with E-state index in [4.69, 9.17) is 16.3 Å². The molecule has 21 heavy (non-hydrogen) atoms. The van der Waals surface area contributed by atoms with Crippen LogP contribution in [0.15, 0.2) is 42.5 Å². The van der Waals surface area contributed by atoms with Gasteiger partial charge in [-0.2, -0.15) is 0 Å². The standard InChI is InChI=1S/C17H17ClFNO/c1-21-17-10-14(19)5-6-16(17)20-15-8-12(9-15)11-3-2-4-13(18)7-11/h2-7,10,12,15,20H,8-9H2,1H3. The minimum Gasteiger partial charge on any atom is -0.494 e. The third-order valence-electron chi connectivity index (χ3n) is 3.98. The molecular formula is C17H17ClFNO. The Morgan fingerprint density at radius 3 is 2.71 bits per heavy atom. The highest BCUT2D eigenvalue weighted by molar-refractivity contribution is 6.30. The van der Waals surface area contributed by atoms with E-state index in [0.29, 0.717) is 17.7 Å². The van der Waals surface area contributed by atoms with Gasteiger partial charge in [0.1, 0.15) is 11.6 Å². The molecule has 4 heteroatoms. The lowest BCUT2D eigenvalue weighted by atomic mass is 9.76. The molecule has 0 aromatic heterocycles. The van der Waals surface area contributed by atoms with Crippen molar-refractivity contribution in [1.82, 2.24) is 0 Å². The normalized spacial score (nSPS) is 20.7. The molecule has 2 aromatic rings. The summed E-state index contributed by atoms with van der Waals surface area (Å²) in [6.07, 6.45) is 2.09. The summed E-state index contributed by atoms with van der Waals surface area (Å²) < 4.78 is 18.4. The van der Waals surface area contributed by atoms with Gasteiger partial charge >= 0.3 is 0 Å². The smallest absolute Gasteiger partial charge is 0.144 e. The maximum atomic E-state index is 13.2. The lowest BCUT2D eigenvalue weighted by Crippen LogP contribution is -2.34. The first-order valence-electron chi connectivity index (χ1n) is 7.01. The highest BCUT2D eigenvalue weighted by Gasteiger charge is 2.30. The molecule has 1 aliphatic rings. The van der Waals surface area contributed by atoms with E-state index < -0.39 is 0 Å². The number of nitrogens with one attached hydrogen (secondary N) is 1. The molecule has 1 saturated carbocycles. The highest BCUT2D eigenvalue weighted by atomic mass is 35.5. The van der Waals surface area contributed by atoms with Gasteiger partial charge in [0.05, 0.1) is 12.8 Å². The van der Waals surface area contributed by atoms with Gasteiger partial charge in [0.2, 0.25) is 0 Å². The molecule has 2 nitrogen and oxygen atoms in total. The summed E-state index contributed by atoms with van der Waals surface area (Å²) in [6.45, 7) is 0. The van der Waals surface area contributed by atoms with E-state index in [-0.39, 0.29) is 5.82 Å². The number of benzene rings is 2. The molecule has 1 N–H and O–H groups in total. The van der Waals surface area contributed by atoms with E-state index in [1.54, 1.807) is 13.2 Å². The molecule has 0 heterocycles. The Hall–Kier alpha value is -1.74. The topological polar surface area (TPSA) is 21.3 Å². The fourth-order valence-corrected chi connectivity index (χ4v) is 2.97. The fraction of sp³-hybridized carbons (Fsp3) is 0.294. The van der Waals surface area contributed by atoms with Gasteiger partial charge < -0.3 is 10.1 Å². The SMILES string of the molecule is COc1cc(F)ccc1NC1CC(c2cccc(Cl)c2)C1. The molecule has 0 unspecified atom stereocenters. The molecule has 1 aliphatic carbocycles. The van der Waals surface area contributed by atoms with Crippen LogP contribution in [-0.4, -0.2) is 13.2 Å². The molecule has 0 atom stereocenters.